The smallest absolute Gasteiger partial charge is 0.410 e. The van der Waals surface area contributed by atoms with Crippen molar-refractivity contribution in [3.8, 4) is 6.07 Å². The fraction of sp³-hybridized carbons (Fsp3) is 0.500. The molecule has 24 heavy (non-hydrogen) atoms. The van der Waals surface area contributed by atoms with Gasteiger partial charge in [-0.2, -0.15) is 5.26 Å². The van der Waals surface area contributed by atoms with Crippen LogP contribution in [0.5, 0.6) is 0 Å². The third-order valence-corrected chi connectivity index (χ3v) is 4.09. The molecule has 0 spiro atoms. The maximum atomic E-state index is 12.0. The number of carbonyl (C=O) groups is 1. The van der Waals surface area contributed by atoms with Gasteiger partial charge in [-0.3, -0.25) is 0 Å². The molecule has 0 atom stereocenters. The van der Waals surface area contributed by atoms with Gasteiger partial charge >= 0.3 is 6.09 Å². The Labute approximate surface area is 144 Å². The minimum atomic E-state index is -0.433. The molecular weight excluding hydrogens is 300 g/mol. The largest absolute Gasteiger partial charge is 0.444 e. The molecule has 0 saturated carbocycles. The summed E-state index contributed by atoms with van der Waals surface area (Å²) in [5, 5.41) is 8.79. The first-order valence-electron chi connectivity index (χ1n) is 8.52. The number of hydrogen-bond acceptors (Lipinski definition) is 3. The highest BCUT2D eigenvalue weighted by atomic mass is 16.6. The number of carbonyl (C=O) groups excluding carboxylic acids is 1. The van der Waals surface area contributed by atoms with Gasteiger partial charge in [0.2, 0.25) is 0 Å². The number of nitrogens with zero attached hydrogens (tertiary/aromatic N) is 2. The molecule has 1 saturated heterocycles. The van der Waals surface area contributed by atoms with E-state index in [0.717, 1.165) is 37.9 Å². The van der Waals surface area contributed by atoms with Gasteiger partial charge in [-0.15, -0.1) is 0 Å². The summed E-state index contributed by atoms with van der Waals surface area (Å²) in [5.74, 6) is 0.610. The van der Waals surface area contributed by atoms with E-state index in [2.05, 4.69) is 18.2 Å². The third kappa shape index (κ3) is 5.73. The van der Waals surface area contributed by atoms with E-state index >= 15 is 0 Å². The summed E-state index contributed by atoms with van der Waals surface area (Å²) in [6, 6.07) is 9.70. The molecular formula is C20H26N2O2. The minimum absolute atomic E-state index is 0.200. The molecule has 1 aromatic rings. The van der Waals surface area contributed by atoms with E-state index in [1.807, 2.05) is 49.9 Å². The predicted molar refractivity (Wildman–Crippen MR) is 95.3 cm³/mol. The third-order valence-electron chi connectivity index (χ3n) is 4.09. The zero-order valence-corrected chi connectivity index (χ0v) is 14.8. The van der Waals surface area contributed by atoms with Crippen molar-refractivity contribution in [2.75, 3.05) is 13.1 Å². The molecule has 0 unspecified atom stereocenters. The van der Waals surface area contributed by atoms with Gasteiger partial charge in [0.15, 0.2) is 0 Å². The first-order valence-corrected chi connectivity index (χ1v) is 8.52. The lowest BCUT2D eigenvalue weighted by Gasteiger charge is -2.33. The van der Waals surface area contributed by atoms with E-state index < -0.39 is 5.60 Å². The number of nitriles is 1. The molecule has 0 N–H and O–H groups in total. The summed E-state index contributed by atoms with van der Waals surface area (Å²) in [6.45, 7) is 7.22. The second-order valence-electron chi connectivity index (χ2n) is 7.28. The number of rotatable bonds is 3. The van der Waals surface area contributed by atoms with E-state index in [-0.39, 0.29) is 6.09 Å². The quantitative estimate of drug-likeness (QED) is 0.815. The Balaban J connectivity index is 1.75. The van der Waals surface area contributed by atoms with Crippen molar-refractivity contribution in [1.29, 1.82) is 5.26 Å². The number of hydrogen-bond donors (Lipinski definition) is 0. The topological polar surface area (TPSA) is 53.3 Å². The van der Waals surface area contributed by atoms with Gasteiger partial charge in [0.25, 0.3) is 0 Å². The number of likely N-dealkylation sites (tertiary alicyclic amines) is 1. The molecule has 0 aliphatic carbocycles. The first-order chi connectivity index (χ1) is 11.4. The fourth-order valence-electron chi connectivity index (χ4n) is 2.74. The van der Waals surface area contributed by atoms with Crippen LogP contribution in [-0.2, 0) is 4.74 Å². The fourth-order valence-corrected chi connectivity index (χ4v) is 2.74. The Morgan fingerprint density at radius 2 is 1.92 bits per heavy atom. The van der Waals surface area contributed by atoms with Crippen molar-refractivity contribution >= 4 is 12.2 Å². The summed E-state index contributed by atoms with van der Waals surface area (Å²) in [5.41, 5.74) is 1.36. The molecule has 1 amide bonds. The molecule has 0 radical (unpaired) electrons. The molecule has 0 aromatic heterocycles. The van der Waals surface area contributed by atoms with Crippen molar-refractivity contribution in [3.63, 3.8) is 0 Å². The Bertz CT molecular complexity index is 613. The van der Waals surface area contributed by atoms with E-state index in [1.54, 1.807) is 0 Å². The van der Waals surface area contributed by atoms with Gasteiger partial charge in [0, 0.05) is 13.1 Å². The second-order valence-corrected chi connectivity index (χ2v) is 7.28. The number of amides is 1. The summed E-state index contributed by atoms with van der Waals surface area (Å²) in [6.07, 6.45) is 7.13. The van der Waals surface area contributed by atoms with Crippen LogP contribution in [0.2, 0.25) is 0 Å². The monoisotopic (exact) mass is 326 g/mol. The van der Waals surface area contributed by atoms with Crippen molar-refractivity contribution in [3.05, 3.63) is 41.5 Å². The van der Waals surface area contributed by atoms with E-state index in [1.165, 1.54) is 0 Å². The van der Waals surface area contributed by atoms with Crippen molar-refractivity contribution in [2.45, 2.75) is 45.6 Å². The Morgan fingerprint density at radius 3 is 2.46 bits per heavy atom. The van der Waals surface area contributed by atoms with Crippen LogP contribution in [0.3, 0.4) is 0 Å². The Hall–Kier alpha value is -2.28. The summed E-state index contributed by atoms with van der Waals surface area (Å²) < 4.78 is 5.42. The predicted octanol–water partition coefficient (Wildman–Crippen LogP) is 4.61. The maximum Gasteiger partial charge on any atom is 0.410 e. The maximum absolute atomic E-state index is 12.0. The lowest BCUT2D eigenvalue weighted by atomic mass is 9.93. The molecule has 1 heterocycles. The van der Waals surface area contributed by atoms with Gasteiger partial charge in [0.05, 0.1) is 11.6 Å². The van der Waals surface area contributed by atoms with Crippen LogP contribution in [0.25, 0.3) is 6.08 Å². The van der Waals surface area contributed by atoms with E-state index in [9.17, 15) is 4.79 Å². The van der Waals surface area contributed by atoms with E-state index in [0.29, 0.717) is 11.5 Å². The average Bonchev–Trinajstić information content (AvgIpc) is 2.54. The van der Waals surface area contributed by atoms with Crippen LogP contribution in [0, 0.1) is 17.2 Å². The number of ether oxygens (including phenoxy) is 1. The number of piperidine rings is 1. The number of allylic oxidation sites excluding steroid dienone is 1. The lowest BCUT2D eigenvalue weighted by Crippen LogP contribution is -2.41. The normalized spacial score (nSPS) is 16.2. The van der Waals surface area contributed by atoms with Crippen LogP contribution < -0.4 is 0 Å². The highest BCUT2D eigenvalue weighted by Crippen LogP contribution is 2.23. The van der Waals surface area contributed by atoms with Crippen LogP contribution in [-0.4, -0.2) is 29.7 Å². The molecule has 0 bridgehead atoms. The van der Waals surface area contributed by atoms with Gasteiger partial charge in [-0.05, 0) is 63.6 Å². The van der Waals surface area contributed by atoms with Crippen LogP contribution >= 0.6 is 0 Å². The van der Waals surface area contributed by atoms with Crippen molar-refractivity contribution < 1.29 is 9.53 Å². The summed E-state index contributed by atoms with van der Waals surface area (Å²) >= 11 is 0. The minimum Gasteiger partial charge on any atom is -0.444 e. The highest BCUT2D eigenvalue weighted by molar-refractivity contribution is 5.68. The zero-order chi connectivity index (χ0) is 17.6. The average molecular weight is 326 g/mol. The van der Waals surface area contributed by atoms with Crippen LogP contribution in [0.1, 0.15) is 51.2 Å². The van der Waals surface area contributed by atoms with E-state index in [4.69, 9.17) is 10.00 Å². The lowest BCUT2D eigenvalue weighted by molar-refractivity contribution is 0.0185. The van der Waals surface area contributed by atoms with Crippen molar-refractivity contribution in [2.24, 2.45) is 5.92 Å². The first kappa shape index (κ1) is 18.1. The second kappa shape index (κ2) is 8.01. The SMILES string of the molecule is CC(C)(C)OC(=O)N1CCC(C/C=C\c2ccc(C#N)cc2)CC1. The standard InChI is InChI=1S/C20H26N2O2/c1-20(2,3)24-19(23)22-13-11-17(12-14-22)6-4-5-16-7-9-18(15-21)10-8-16/h4-5,7-10,17H,6,11-14H2,1-3H3/b5-4-. The van der Waals surface area contributed by atoms with Gasteiger partial charge < -0.3 is 9.64 Å². The molecule has 1 aliphatic rings. The molecule has 128 valence electrons. The summed E-state index contributed by atoms with van der Waals surface area (Å²) in [7, 11) is 0. The molecule has 1 aliphatic heterocycles. The zero-order valence-electron chi connectivity index (χ0n) is 14.8. The molecule has 4 nitrogen and oxygen atoms in total. The molecule has 1 fully saturated rings. The van der Waals surface area contributed by atoms with Gasteiger partial charge in [-0.25, -0.2) is 4.79 Å². The highest BCUT2D eigenvalue weighted by Gasteiger charge is 2.26. The Kier molecular flexibility index (Phi) is 6.03. The van der Waals surface area contributed by atoms with Crippen LogP contribution in [0.4, 0.5) is 4.79 Å². The summed E-state index contributed by atoms with van der Waals surface area (Å²) in [4.78, 5) is 13.9. The number of benzene rings is 1. The van der Waals surface area contributed by atoms with Crippen LogP contribution in [0.15, 0.2) is 30.3 Å². The van der Waals surface area contributed by atoms with Gasteiger partial charge in [0.1, 0.15) is 5.60 Å². The molecule has 2 rings (SSSR count). The Morgan fingerprint density at radius 1 is 1.29 bits per heavy atom. The van der Waals surface area contributed by atoms with Crippen molar-refractivity contribution in [1.82, 2.24) is 4.90 Å². The molecule has 1 aromatic carbocycles. The molecule has 4 heteroatoms. The van der Waals surface area contributed by atoms with Gasteiger partial charge in [-0.1, -0.05) is 24.3 Å².